The predicted octanol–water partition coefficient (Wildman–Crippen LogP) is 4.04. The van der Waals surface area contributed by atoms with Crippen molar-refractivity contribution >= 4 is 16.7 Å². The standard InChI is InChI=1S/C18H22O3/c19-18(20)11-13-21-12-5-1-2-6-15-9-10-16-7-3-4-8-17(16)14-15/h3-4,7-10,14H,1-2,5-6,11-13H2,(H,19,20). The van der Waals surface area contributed by atoms with Crippen molar-refractivity contribution in [1.29, 1.82) is 0 Å². The number of carboxylic acid groups (broad SMARTS) is 1. The second-order valence-corrected chi connectivity index (χ2v) is 5.25. The summed E-state index contributed by atoms with van der Waals surface area (Å²) in [5.41, 5.74) is 1.38. The summed E-state index contributed by atoms with van der Waals surface area (Å²) in [6.07, 6.45) is 4.42. The van der Waals surface area contributed by atoms with Crippen molar-refractivity contribution in [3.05, 3.63) is 48.0 Å². The Bertz CT molecular complexity index is 577. The maximum Gasteiger partial charge on any atom is 0.305 e. The Labute approximate surface area is 125 Å². The Kier molecular flexibility index (Phi) is 6.22. The third kappa shape index (κ3) is 5.56. The lowest BCUT2D eigenvalue weighted by atomic mass is 10.0. The van der Waals surface area contributed by atoms with Crippen LogP contribution in [0.2, 0.25) is 0 Å². The van der Waals surface area contributed by atoms with Gasteiger partial charge < -0.3 is 9.84 Å². The first-order valence-electron chi connectivity index (χ1n) is 7.53. The van der Waals surface area contributed by atoms with Gasteiger partial charge in [0.1, 0.15) is 0 Å². The minimum atomic E-state index is -0.800. The molecular weight excluding hydrogens is 264 g/mol. The molecule has 0 aliphatic heterocycles. The summed E-state index contributed by atoms with van der Waals surface area (Å²) in [5.74, 6) is -0.800. The van der Waals surface area contributed by atoms with E-state index < -0.39 is 5.97 Å². The predicted molar refractivity (Wildman–Crippen MR) is 84.6 cm³/mol. The van der Waals surface area contributed by atoms with Crippen LogP contribution < -0.4 is 0 Å². The zero-order valence-electron chi connectivity index (χ0n) is 12.3. The highest BCUT2D eigenvalue weighted by Crippen LogP contribution is 2.17. The Morgan fingerprint density at radius 3 is 2.57 bits per heavy atom. The first kappa shape index (κ1) is 15.5. The third-order valence-electron chi connectivity index (χ3n) is 3.53. The van der Waals surface area contributed by atoms with E-state index in [1.54, 1.807) is 0 Å². The van der Waals surface area contributed by atoms with Gasteiger partial charge in [-0.2, -0.15) is 0 Å². The van der Waals surface area contributed by atoms with Crippen molar-refractivity contribution in [2.75, 3.05) is 13.2 Å². The fourth-order valence-corrected chi connectivity index (χ4v) is 2.37. The highest BCUT2D eigenvalue weighted by molar-refractivity contribution is 5.82. The van der Waals surface area contributed by atoms with E-state index in [9.17, 15) is 4.79 Å². The van der Waals surface area contributed by atoms with Gasteiger partial charge in [0.25, 0.3) is 0 Å². The smallest absolute Gasteiger partial charge is 0.305 e. The van der Waals surface area contributed by atoms with Gasteiger partial charge in [-0.15, -0.1) is 0 Å². The molecule has 0 heterocycles. The van der Waals surface area contributed by atoms with Crippen LogP contribution in [0.3, 0.4) is 0 Å². The molecule has 21 heavy (non-hydrogen) atoms. The first-order valence-corrected chi connectivity index (χ1v) is 7.53. The van der Waals surface area contributed by atoms with Crippen molar-refractivity contribution in [3.8, 4) is 0 Å². The molecule has 0 aromatic heterocycles. The van der Waals surface area contributed by atoms with E-state index in [2.05, 4.69) is 42.5 Å². The first-order chi connectivity index (χ1) is 10.3. The van der Waals surface area contributed by atoms with Crippen LogP contribution in [-0.4, -0.2) is 24.3 Å². The van der Waals surface area contributed by atoms with E-state index >= 15 is 0 Å². The average Bonchev–Trinajstić information content (AvgIpc) is 2.49. The van der Waals surface area contributed by atoms with E-state index in [1.165, 1.54) is 16.3 Å². The van der Waals surface area contributed by atoms with E-state index in [0.29, 0.717) is 13.2 Å². The Hall–Kier alpha value is -1.87. The minimum Gasteiger partial charge on any atom is -0.481 e. The average molecular weight is 286 g/mol. The van der Waals surface area contributed by atoms with Crippen LogP contribution in [-0.2, 0) is 16.0 Å². The quantitative estimate of drug-likeness (QED) is 0.707. The number of benzene rings is 2. The summed E-state index contributed by atoms with van der Waals surface area (Å²) in [6, 6.07) is 15.1. The van der Waals surface area contributed by atoms with Gasteiger partial charge in [-0.25, -0.2) is 0 Å². The van der Waals surface area contributed by atoms with Crippen LogP contribution in [0.4, 0.5) is 0 Å². The second-order valence-electron chi connectivity index (χ2n) is 5.25. The molecule has 112 valence electrons. The summed E-state index contributed by atoms with van der Waals surface area (Å²) in [4.78, 5) is 10.3. The van der Waals surface area contributed by atoms with Crippen LogP contribution in [0, 0.1) is 0 Å². The number of aliphatic carboxylic acids is 1. The maximum atomic E-state index is 10.3. The van der Waals surface area contributed by atoms with E-state index in [-0.39, 0.29) is 6.42 Å². The molecule has 0 bridgehead atoms. The van der Waals surface area contributed by atoms with Gasteiger partial charge >= 0.3 is 5.97 Å². The molecule has 0 saturated carbocycles. The van der Waals surface area contributed by atoms with Gasteiger partial charge in [0.15, 0.2) is 0 Å². The van der Waals surface area contributed by atoms with Crippen molar-refractivity contribution in [1.82, 2.24) is 0 Å². The fraction of sp³-hybridized carbons (Fsp3) is 0.389. The number of carbonyl (C=O) groups is 1. The van der Waals surface area contributed by atoms with Crippen LogP contribution in [0.15, 0.2) is 42.5 Å². The Morgan fingerprint density at radius 2 is 1.76 bits per heavy atom. The van der Waals surface area contributed by atoms with Crippen LogP contribution in [0.1, 0.15) is 31.2 Å². The molecule has 0 radical (unpaired) electrons. The molecule has 0 aliphatic rings. The molecule has 2 rings (SSSR count). The lowest BCUT2D eigenvalue weighted by molar-refractivity contribution is -0.138. The van der Waals surface area contributed by atoms with E-state index in [4.69, 9.17) is 9.84 Å². The number of fused-ring (bicyclic) bond motifs is 1. The minimum absolute atomic E-state index is 0.0943. The molecule has 0 aliphatic carbocycles. The molecule has 0 saturated heterocycles. The molecular formula is C18H22O3. The highest BCUT2D eigenvalue weighted by atomic mass is 16.5. The van der Waals surface area contributed by atoms with Crippen molar-refractivity contribution < 1.29 is 14.6 Å². The Morgan fingerprint density at radius 1 is 0.952 bits per heavy atom. The normalized spacial score (nSPS) is 10.9. The third-order valence-corrected chi connectivity index (χ3v) is 3.53. The number of rotatable bonds is 9. The van der Waals surface area contributed by atoms with Gasteiger partial charge in [0.2, 0.25) is 0 Å². The van der Waals surface area contributed by atoms with Crippen LogP contribution >= 0.6 is 0 Å². The second kappa shape index (κ2) is 8.42. The van der Waals surface area contributed by atoms with Gasteiger partial charge in [0, 0.05) is 6.61 Å². The highest BCUT2D eigenvalue weighted by Gasteiger charge is 1.98. The Balaban J connectivity index is 1.62. The number of unbranched alkanes of at least 4 members (excludes halogenated alkanes) is 2. The fourth-order valence-electron chi connectivity index (χ4n) is 2.37. The number of hydrogen-bond acceptors (Lipinski definition) is 2. The molecule has 0 spiro atoms. The van der Waals surface area contributed by atoms with E-state index in [1.807, 2.05) is 0 Å². The summed E-state index contributed by atoms with van der Waals surface area (Å²) in [7, 11) is 0. The summed E-state index contributed by atoms with van der Waals surface area (Å²) < 4.78 is 5.27. The van der Waals surface area contributed by atoms with Crippen molar-refractivity contribution in [2.45, 2.75) is 32.1 Å². The molecule has 0 fully saturated rings. The van der Waals surface area contributed by atoms with Crippen molar-refractivity contribution in [3.63, 3.8) is 0 Å². The SMILES string of the molecule is O=C(O)CCOCCCCCc1ccc2ccccc2c1. The maximum absolute atomic E-state index is 10.3. The number of ether oxygens (including phenoxy) is 1. The monoisotopic (exact) mass is 286 g/mol. The number of hydrogen-bond donors (Lipinski definition) is 1. The molecule has 0 amide bonds. The van der Waals surface area contributed by atoms with Crippen LogP contribution in [0.25, 0.3) is 10.8 Å². The zero-order chi connectivity index (χ0) is 14.9. The van der Waals surface area contributed by atoms with Gasteiger partial charge in [-0.3, -0.25) is 4.79 Å². The topological polar surface area (TPSA) is 46.5 Å². The lowest BCUT2D eigenvalue weighted by Crippen LogP contribution is -2.03. The largest absolute Gasteiger partial charge is 0.481 e. The molecule has 2 aromatic carbocycles. The van der Waals surface area contributed by atoms with E-state index in [0.717, 1.165) is 25.7 Å². The lowest BCUT2D eigenvalue weighted by Gasteiger charge is -2.05. The summed E-state index contributed by atoms with van der Waals surface area (Å²) in [5, 5.41) is 11.1. The number of aryl methyl sites for hydroxylation is 1. The zero-order valence-corrected chi connectivity index (χ0v) is 12.3. The molecule has 3 heteroatoms. The summed E-state index contributed by atoms with van der Waals surface area (Å²) >= 11 is 0. The van der Waals surface area contributed by atoms with Crippen molar-refractivity contribution in [2.24, 2.45) is 0 Å². The van der Waals surface area contributed by atoms with Gasteiger partial charge in [0.05, 0.1) is 13.0 Å². The molecule has 3 nitrogen and oxygen atoms in total. The molecule has 0 unspecified atom stereocenters. The van der Waals surface area contributed by atoms with Gasteiger partial charge in [-0.1, -0.05) is 48.9 Å². The molecule has 0 atom stereocenters. The van der Waals surface area contributed by atoms with Gasteiger partial charge in [-0.05, 0) is 35.6 Å². The summed E-state index contributed by atoms with van der Waals surface area (Å²) in [6.45, 7) is 0.977. The molecule has 2 aromatic rings. The number of carboxylic acids is 1. The van der Waals surface area contributed by atoms with Crippen LogP contribution in [0.5, 0.6) is 0 Å². The molecule has 1 N–H and O–H groups in total.